The highest BCUT2D eigenvalue weighted by Crippen LogP contribution is 2.21. The summed E-state index contributed by atoms with van der Waals surface area (Å²) in [4.78, 5) is 2.36. The molecule has 1 heterocycles. The Labute approximate surface area is 93.6 Å². The second-order valence-corrected chi connectivity index (χ2v) is 5.57. The monoisotopic (exact) mass is 214 g/mol. The fourth-order valence-corrected chi connectivity index (χ4v) is 2.06. The zero-order valence-corrected chi connectivity index (χ0v) is 10.2. The SMILES string of the molecule is CC(C)(CN)CCCCN1CCC(O)C1. The lowest BCUT2D eigenvalue weighted by molar-refractivity contribution is 0.175. The molecule has 1 rings (SSSR count). The van der Waals surface area contributed by atoms with Gasteiger partial charge in [0.25, 0.3) is 0 Å². The van der Waals surface area contributed by atoms with Crippen LogP contribution in [-0.4, -0.2) is 42.3 Å². The van der Waals surface area contributed by atoms with Crippen LogP contribution in [-0.2, 0) is 0 Å². The number of nitrogens with zero attached hydrogens (tertiary/aromatic N) is 1. The first-order valence-corrected chi connectivity index (χ1v) is 6.14. The highest BCUT2D eigenvalue weighted by atomic mass is 16.3. The van der Waals surface area contributed by atoms with Crippen LogP contribution >= 0.6 is 0 Å². The Hall–Kier alpha value is -0.120. The van der Waals surface area contributed by atoms with Crippen LogP contribution in [0.5, 0.6) is 0 Å². The van der Waals surface area contributed by atoms with Crippen molar-refractivity contribution in [2.24, 2.45) is 11.1 Å². The van der Waals surface area contributed by atoms with Gasteiger partial charge in [-0.2, -0.15) is 0 Å². The fourth-order valence-electron chi connectivity index (χ4n) is 2.06. The van der Waals surface area contributed by atoms with Gasteiger partial charge in [0.1, 0.15) is 0 Å². The van der Waals surface area contributed by atoms with Crippen LogP contribution < -0.4 is 5.73 Å². The quantitative estimate of drug-likeness (QED) is 0.653. The molecule has 1 aliphatic rings. The lowest BCUT2D eigenvalue weighted by Gasteiger charge is -2.22. The largest absolute Gasteiger partial charge is 0.392 e. The van der Waals surface area contributed by atoms with Crippen molar-refractivity contribution in [1.82, 2.24) is 4.90 Å². The topological polar surface area (TPSA) is 49.5 Å². The maximum Gasteiger partial charge on any atom is 0.0679 e. The molecule has 3 heteroatoms. The van der Waals surface area contributed by atoms with Crippen molar-refractivity contribution in [3.63, 3.8) is 0 Å². The van der Waals surface area contributed by atoms with E-state index in [2.05, 4.69) is 18.7 Å². The molecule has 1 saturated heterocycles. The summed E-state index contributed by atoms with van der Waals surface area (Å²) in [7, 11) is 0. The number of likely N-dealkylation sites (tertiary alicyclic amines) is 1. The van der Waals surface area contributed by atoms with E-state index < -0.39 is 0 Å². The number of unbranched alkanes of at least 4 members (excludes halogenated alkanes) is 1. The maximum absolute atomic E-state index is 9.37. The molecule has 0 amide bonds. The average Bonchev–Trinajstić information content (AvgIpc) is 2.59. The van der Waals surface area contributed by atoms with E-state index in [9.17, 15) is 5.11 Å². The number of β-amino-alcohol motifs (C(OH)–C–C–N with tert-alkyl or cyclic N) is 1. The van der Waals surface area contributed by atoms with E-state index in [-0.39, 0.29) is 6.10 Å². The Morgan fingerprint density at radius 1 is 1.40 bits per heavy atom. The van der Waals surface area contributed by atoms with E-state index in [1.807, 2.05) is 0 Å². The van der Waals surface area contributed by atoms with Crippen LogP contribution in [0.2, 0.25) is 0 Å². The van der Waals surface area contributed by atoms with Gasteiger partial charge in [-0.05, 0) is 37.8 Å². The Morgan fingerprint density at radius 3 is 2.67 bits per heavy atom. The number of nitrogens with two attached hydrogens (primary N) is 1. The number of aliphatic hydroxyl groups excluding tert-OH is 1. The molecule has 0 aromatic carbocycles. The van der Waals surface area contributed by atoms with Crippen molar-refractivity contribution in [3.05, 3.63) is 0 Å². The molecule has 15 heavy (non-hydrogen) atoms. The van der Waals surface area contributed by atoms with E-state index in [1.54, 1.807) is 0 Å². The molecular weight excluding hydrogens is 188 g/mol. The molecule has 0 aromatic rings. The van der Waals surface area contributed by atoms with Gasteiger partial charge in [-0.1, -0.05) is 20.3 Å². The molecule has 1 fully saturated rings. The van der Waals surface area contributed by atoms with Crippen LogP contribution in [0.15, 0.2) is 0 Å². The van der Waals surface area contributed by atoms with Crippen molar-refractivity contribution in [1.29, 1.82) is 0 Å². The van der Waals surface area contributed by atoms with Gasteiger partial charge in [0.15, 0.2) is 0 Å². The third-order valence-corrected chi connectivity index (χ3v) is 3.38. The Morgan fingerprint density at radius 2 is 2.13 bits per heavy atom. The predicted molar refractivity (Wildman–Crippen MR) is 63.8 cm³/mol. The second kappa shape index (κ2) is 5.83. The first kappa shape index (κ1) is 12.9. The van der Waals surface area contributed by atoms with Gasteiger partial charge in [-0.3, -0.25) is 0 Å². The number of rotatable bonds is 6. The summed E-state index contributed by atoms with van der Waals surface area (Å²) >= 11 is 0. The van der Waals surface area contributed by atoms with Crippen molar-refractivity contribution >= 4 is 0 Å². The average molecular weight is 214 g/mol. The summed E-state index contributed by atoms with van der Waals surface area (Å²) < 4.78 is 0. The molecule has 0 radical (unpaired) electrons. The van der Waals surface area contributed by atoms with E-state index in [0.29, 0.717) is 5.41 Å². The zero-order valence-electron chi connectivity index (χ0n) is 10.2. The van der Waals surface area contributed by atoms with Gasteiger partial charge >= 0.3 is 0 Å². The van der Waals surface area contributed by atoms with Gasteiger partial charge in [-0.15, -0.1) is 0 Å². The molecule has 0 bridgehead atoms. The molecule has 90 valence electrons. The lowest BCUT2D eigenvalue weighted by Crippen LogP contribution is -2.25. The van der Waals surface area contributed by atoms with Crippen LogP contribution in [0, 0.1) is 5.41 Å². The van der Waals surface area contributed by atoms with Gasteiger partial charge in [0.2, 0.25) is 0 Å². The zero-order chi connectivity index (χ0) is 11.3. The van der Waals surface area contributed by atoms with E-state index >= 15 is 0 Å². The Kier molecular flexibility index (Phi) is 5.03. The number of aliphatic hydroxyl groups is 1. The van der Waals surface area contributed by atoms with Crippen LogP contribution in [0.3, 0.4) is 0 Å². The van der Waals surface area contributed by atoms with Crippen LogP contribution in [0.25, 0.3) is 0 Å². The normalized spacial score (nSPS) is 23.6. The van der Waals surface area contributed by atoms with Crippen LogP contribution in [0.1, 0.15) is 39.5 Å². The van der Waals surface area contributed by atoms with Gasteiger partial charge in [0.05, 0.1) is 6.10 Å². The molecule has 1 atom stereocenters. The Balaban J connectivity index is 2.02. The minimum absolute atomic E-state index is 0.0783. The molecule has 3 nitrogen and oxygen atoms in total. The molecule has 0 aliphatic carbocycles. The summed E-state index contributed by atoms with van der Waals surface area (Å²) in [5.74, 6) is 0. The van der Waals surface area contributed by atoms with Gasteiger partial charge in [0, 0.05) is 13.1 Å². The first-order chi connectivity index (χ1) is 7.03. The lowest BCUT2D eigenvalue weighted by atomic mass is 9.87. The Bertz CT molecular complexity index is 182. The minimum Gasteiger partial charge on any atom is -0.392 e. The van der Waals surface area contributed by atoms with Crippen molar-refractivity contribution in [2.75, 3.05) is 26.2 Å². The summed E-state index contributed by atoms with van der Waals surface area (Å²) in [6, 6.07) is 0. The second-order valence-electron chi connectivity index (χ2n) is 5.57. The third-order valence-electron chi connectivity index (χ3n) is 3.38. The fraction of sp³-hybridized carbons (Fsp3) is 1.00. The number of hydrogen-bond donors (Lipinski definition) is 2. The molecule has 0 aromatic heterocycles. The summed E-state index contributed by atoms with van der Waals surface area (Å²) in [5.41, 5.74) is 5.98. The molecule has 0 saturated carbocycles. The maximum atomic E-state index is 9.37. The summed E-state index contributed by atoms with van der Waals surface area (Å²) in [5, 5.41) is 9.37. The molecule has 1 unspecified atom stereocenters. The number of hydrogen-bond acceptors (Lipinski definition) is 3. The predicted octanol–water partition coefficient (Wildman–Crippen LogP) is 1.21. The van der Waals surface area contributed by atoms with E-state index in [1.165, 1.54) is 19.3 Å². The van der Waals surface area contributed by atoms with Crippen LogP contribution in [0.4, 0.5) is 0 Å². The van der Waals surface area contributed by atoms with E-state index in [0.717, 1.165) is 32.6 Å². The minimum atomic E-state index is -0.0783. The highest BCUT2D eigenvalue weighted by Gasteiger charge is 2.20. The molecule has 0 spiro atoms. The smallest absolute Gasteiger partial charge is 0.0679 e. The van der Waals surface area contributed by atoms with E-state index in [4.69, 9.17) is 5.73 Å². The summed E-state index contributed by atoms with van der Waals surface area (Å²) in [6.45, 7) is 8.31. The molecule has 1 aliphatic heterocycles. The van der Waals surface area contributed by atoms with Gasteiger partial charge < -0.3 is 15.7 Å². The van der Waals surface area contributed by atoms with Crippen molar-refractivity contribution < 1.29 is 5.11 Å². The first-order valence-electron chi connectivity index (χ1n) is 6.14. The van der Waals surface area contributed by atoms with Crippen molar-refractivity contribution in [3.8, 4) is 0 Å². The summed E-state index contributed by atoms with van der Waals surface area (Å²) in [6.07, 6.45) is 4.56. The van der Waals surface area contributed by atoms with Gasteiger partial charge in [-0.25, -0.2) is 0 Å². The third kappa shape index (κ3) is 4.96. The highest BCUT2D eigenvalue weighted by molar-refractivity contribution is 4.75. The molecular formula is C12H26N2O. The standard InChI is InChI=1S/C12H26N2O/c1-12(2,10-13)6-3-4-7-14-8-5-11(15)9-14/h11,15H,3-10,13H2,1-2H3. The van der Waals surface area contributed by atoms with Crippen molar-refractivity contribution in [2.45, 2.75) is 45.6 Å². The molecule has 3 N–H and O–H groups in total.